The number of rotatable bonds is 4. The molecule has 0 spiro atoms. The lowest BCUT2D eigenvalue weighted by atomic mass is 10.1. The van der Waals surface area contributed by atoms with Crippen LogP contribution in [0.3, 0.4) is 0 Å². The second kappa shape index (κ2) is 5.88. The van der Waals surface area contributed by atoms with Gasteiger partial charge in [-0.15, -0.1) is 0 Å². The van der Waals surface area contributed by atoms with Gasteiger partial charge >= 0.3 is 7.82 Å². The van der Waals surface area contributed by atoms with Crippen molar-refractivity contribution in [3.8, 4) is 0 Å². The van der Waals surface area contributed by atoms with E-state index in [9.17, 15) is 19.6 Å². The van der Waals surface area contributed by atoms with Crippen LogP contribution in [0.1, 0.15) is 6.42 Å². The number of carbonyl (C=O) groups is 1. The topological polar surface area (TPSA) is 140 Å². The second-order valence-corrected chi connectivity index (χ2v) is 6.23. The van der Waals surface area contributed by atoms with E-state index >= 15 is 0 Å². The van der Waals surface area contributed by atoms with Gasteiger partial charge < -0.3 is 30.2 Å². The molecule has 0 aromatic rings. The highest BCUT2D eigenvalue weighted by Crippen LogP contribution is 2.39. The van der Waals surface area contributed by atoms with Crippen LogP contribution in [0.25, 0.3) is 0 Å². The van der Waals surface area contributed by atoms with Gasteiger partial charge in [-0.25, -0.2) is 4.57 Å². The quantitative estimate of drug-likeness (QED) is 0.399. The van der Waals surface area contributed by atoms with Crippen LogP contribution >= 0.6 is 7.82 Å². The minimum Gasteiger partial charge on any atom is -0.390 e. The summed E-state index contributed by atoms with van der Waals surface area (Å²) in [6.45, 7) is 3.28. The number of nitrogens with zero attached hydrogens (tertiary/aromatic N) is 1. The molecule has 1 saturated carbocycles. The van der Waals surface area contributed by atoms with Gasteiger partial charge in [-0.3, -0.25) is 9.32 Å². The summed E-state index contributed by atoms with van der Waals surface area (Å²) in [5.41, 5.74) is 0. The van der Waals surface area contributed by atoms with Crippen molar-refractivity contribution in [1.82, 2.24) is 10.2 Å². The number of phosphoric acid groups is 1. The first kappa shape index (κ1) is 16.2. The first-order chi connectivity index (χ1) is 9.69. The zero-order valence-corrected chi connectivity index (χ0v) is 11.9. The van der Waals surface area contributed by atoms with E-state index in [0.29, 0.717) is 0 Å². The zero-order chi connectivity index (χ0) is 15.8. The molecule has 2 aliphatic rings. The summed E-state index contributed by atoms with van der Waals surface area (Å²) in [4.78, 5) is 30.0. The van der Waals surface area contributed by atoms with Gasteiger partial charge in [0.1, 0.15) is 11.9 Å². The predicted molar refractivity (Wildman–Crippen MR) is 70.2 cm³/mol. The van der Waals surface area contributed by atoms with Crippen molar-refractivity contribution in [2.45, 2.75) is 24.7 Å². The van der Waals surface area contributed by atoms with Crippen LogP contribution in [0.2, 0.25) is 0 Å². The van der Waals surface area contributed by atoms with Crippen molar-refractivity contribution < 1.29 is 33.9 Å². The molecule has 0 saturated heterocycles. The molecule has 5 N–H and O–H groups in total. The number of aliphatic hydroxyl groups is 2. The highest BCUT2D eigenvalue weighted by Gasteiger charge is 2.45. The van der Waals surface area contributed by atoms with Crippen LogP contribution < -0.4 is 5.32 Å². The minimum absolute atomic E-state index is 0.224. The summed E-state index contributed by atoms with van der Waals surface area (Å²) in [5, 5.41) is 22.5. The van der Waals surface area contributed by atoms with Crippen molar-refractivity contribution in [1.29, 1.82) is 0 Å². The maximum atomic E-state index is 11.2. The van der Waals surface area contributed by atoms with E-state index in [0.717, 1.165) is 0 Å². The molecule has 10 heteroatoms. The third-order valence-electron chi connectivity index (χ3n) is 3.55. The largest absolute Gasteiger partial charge is 0.469 e. The normalized spacial score (nSPS) is 33.4. The van der Waals surface area contributed by atoms with Crippen molar-refractivity contribution in [2.24, 2.45) is 5.92 Å². The van der Waals surface area contributed by atoms with E-state index < -0.39 is 32.0 Å². The molecule has 1 amide bonds. The zero-order valence-electron chi connectivity index (χ0n) is 11.0. The Morgan fingerprint density at radius 1 is 1.43 bits per heavy atom. The number of hydrogen-bond donors (Lipinski definition) is 5. The monoisotopic (exact) mass is 320 g/mol. The molecule has 0 aromatic heterocycles. The van der Waals surface area contributed by atoms with E-state index in [1.807, 2.05) is 0 Å². The lowest BCUT2D eigenvalue weighted by Crippen LogP contribution is -2.45. The Hall–Kier alpha value is -1.22. The minimum atomic E-state index is -4.63. The molecule has 1 aliphatic carbocycles. The first-order valence-corrected chi connectivity index (χ1v) is 7.74. The summed E-state index contributed by atoms with van der Waals surface area (Å²) in [7, 11) is -4.63. The molecule has 0 radical (unpaired) electrons. The Morgan fingerprint density at radius 2 is 2.10 bits per heavy atom. The average Bonchev–Trinajstić information content (AvgIpc) is 2.64. The fourth-order valence-corrected chi connectivity index (χ4v) is 2.92. The van der Waals surface area contributed by atoms with Crippen LogP contribution in [0.4, 0.5) is 0 Å². The van der Waals surface area contributed by atoms with Crippen LogP contribution in [0.15, 0.2) is 24.7 Å². The van der Waals surface area contributed by atoms with Gasteiger partial charge in [0, 0.05) is 18.2 Å². The standard InChI is InChI=1S/C11H17N2O7P/c1-6-12-9(14)2-3-13(6)8-4-7(10(15)11(8)16)5-20-21(17,18)19/h2-3,7-8,10-11,15-16H,1,4-5H2,(H,12,14)(H2,17,18,19). The molecular weight excluding hydrogens is 303 g/mol. The highest BCUT2D eigenvalue weighted by molar-refractivity contribution is 7.46. The average molecular weight is 320 g/mol. The van der Waals surface area contributed by atoms with E-state index in [2.05, 4.69) is 16.4 Å². The Bertz CT molecular complexity index is 517. The number of nitrogens with one attached hydrogen (secondary N) is 1. The van der Waals surface area contributed by atoms with Crippen LogP contribution in [-0.2, 0) is 13.9 Å². The maximum absolute atomic E-state index is 11.2. The van der Waals surface area contributed by atoms with Crippen LogP contribution in [0, 0.1) is 5.92 Å². The number of hydrogen-bond acceptors (Lipinski definition) is 6. The first-order valence-electron chi connectivity index (χ1n) is 6.21. The van der Waals surface area contributed by atoms with Gasteiger partial charge in [-0.2, -0.15) is 0 Å². The van der Waals surface area contributed by atoms with Gasteiger partial charge in [0.05, 0.1) is 18.8 Å². The predicted octanol–water partition coefficient (Wildman–Crippen LogP) is -1.38. The number of phosphoric ester groups is 1. The lowest BCUT2D eigenvalue weighted by Gasteiger charge is -2.33. The molecular formula is C11H17N2O7P. The molecule has 21 heavy (non-hydrogen) atoms. The van der Waals surface area contributed by atoms with E-state index in [-0.39, 0.29) is 24.8 Å². The molecule has 1 aliphatic heterocycles. The number of amides is 1. The Kier molecular flexibility index (Phi) is 4.52. The number of carbonyl (C=O) groups excluding carboxylic acids is 1. The molecule has 4 unspecified atom stereocenters. The fraction of sp³-hybridized carbons (Fsp3) is 0.545. The van der Waals surface area contributed by atoms with Crippen molar-refractivity contribution in [3.63, 3.8) is 0 Å². The third kappa shape index (κ3) is 3.70. The lowest BCUT2D eigenvalue weighted by molar-refractivity contribution is -0.116. The summed E-state index contributed by atoms with van der Waals surface area (Å²) in [6, 6.07) is -0.574. The summed E-state index contributed by atoms with van der Waals surface area (Å²) >= 11 is 0. The molecule has 9 nitrogen and oxygen atoms in total. The Morgan fingerprint density at radius 3 is 2.67 bits per heavy atom. The Balaban J connectivity index is 2.06. The SMILES string of the molecule is C=C1NC(=O)C=CN1C1CC(COP(=O)(O)O)C(O)C1O. The summed E-state index contributed by atoms with van der Waals surface area (Å²) in [6.07, 6.45) is 0.565. The van der Waals surface area contributed by atoms with Crippen molar-refractivity contribution >= 4 is 13.7 Å². The fourth-order valence-electron chi connectivity index (χ4n) is 2.53. The van der Waals surface area contributed by atoms with Crippen LogP contribution in [-0.4, -0.2) is 55.7 Å². The summed E-state index contributed by atoms with van der Waals surface area (Å²) in [5.74, 6) is -0.725. The third-order valence-corrected chi connectivity index (χ3v) is 4.04. The number of aliphatic hydroxyl groups excluding tert-OH is 2. The van der Waals surface area contributed by atoms with E-state index in [1.54, 1.807) is 0 Å². The molecule has 1 heterocycles. The van der Waals surface area contributed by atoms with Crippen molar-refractivity contribution in [3.05, 3.63) is 24.7 Å². The molecule has 118 valence electrons. The van der Waals surface area contributed by atoms with Crippen molar-refractivity contribution in [2.75, 3.05) is 6.61 Å². The van der Waals surface area contributed by atoms with Gasteiger partial charge in [0.15, 0.2) is 0 Å². The van der Waals surface area contributed by atoms with Gasteiger partial charge in [-0.1, -0.05) is 6.58 Å². The molecule has 2 rings (SSSR count). The molecule has 4 atom stereocenters. The van der Waals surface area contributed by atoms with Gasteiger partial charge in [0.2, 0.25) is 0 Å². The van der Waals surface area contributed by atoms with Gasteiger partial charge in [-0.05, 0) is 6.42 Å². The van der Waals surface area contributed by atoms with E-state index in [1.165, 1.54) is 17.2 Å². The maximum Gasteiger partial charge on any atom is 0.469 e. The summed E-state index contributed by atoms with van der Waals surface area (Å²) < 4.78 is 15.1. The highest BCUT2D eigenvalue weighted by atomic mass is 31.2. The smallest absolute Gasteiger partial charge is 0.390 e. The van der Waals surface area contributed by atoms with Gasteiger partial charge in [0.25, 0.3) is 5.91 Å². The molecule has 0 bridgehead atoms. The molecule has 1 fully saturated rings. The Labute approximate surface area is 120 Å². The molecule has 0 aromatic carbocycles. The second-order valence-electron chi connectivity index (χ2n) is 4.99. The van der Waals surface area contributed by atoms with Crippen LogP contribution in [0.5, 0.6) is 0 Å². The van der Waals surface area contributed by atoms with E-state index in [4.69, 9.17) is 9.79 Å².